The summed E-state index contributed by atoms with van der Waals surface area (Å²) in [4.78, 5) is 0. The van der Waals surface area contributed by atoms with Gasteiger partial charge in [-0.25, -0.2) is 0 Å². The molecule has 0 radical (unpaired) electrons. The largest absolute Gasteiger partial charge is 0.399 e. The Morgan fingerprint density at radius 3 is 2.71 bits per heavy atom. The van der Waals surface area contributed by atoms with Gasteiger partial charge >= 0.3 is 0 Å². The first-order chi connectivity index (χ1) is 10.2. The lowest BCUT2D eigenvalue weighted by atomic mass is 9.76. The maximum atomic E-state index is 5.82. The van der Waals surface area contributed by atoms with E-state index in [-0.39, 0.29) is 0 Å². The molecule has 1 aliphatic carbocycles. The number of nitrogens with two attached hydrogens (primary N) is 1. The van der Waals surface area contributed by atoms with Crippen molar-refractivity contribution in [3.05, 3.63) is 71.3 Å². The van der Waals surface area contributed by atoms with Crippen molar-refractivity contribution >= 4 is 11.4 Å². The normalized spacial score (nSPS) is 26.0. The van der Waals surface area contributed by atoms with Gasteiger partial charge in [0.2, 0.25) is 0 Å². The van der Waals surface area contributed by atoms with Crippen LogP contribution < -0.4 is 11.1 Å². The number of allylic oxidation sites excluding steroid dienone is 2. The van der Waals surface area contributed by atoms with Gasteiger partial charge in [0, 0.05) is 17.3 Å². The quantitative estimate of drug-likeness (QED) is 0.598. The highest BCUT2D eigenvalue weighted by atomic mass is 15.0. The average Bonchev–Trinajstić information content (AvgIpc) is 2.97. The molecular formula is C19H20N2. The highest BCUT2D eigenvalue weighted by Gasteiger charge is 2.37. The first-order valence-electron chi connectivity index (χ1n) is 7.61. The van der Waals surface area contributed by atoms with Crippen LogP contribution in [0.25, 0.3) is 0 Å². The number of hydrogen-bond acceptors (Lipinski definition) is 2. The Hall–Kier alpha value is -2.22. The summed E-state index contributed by atoms with van der Waals surface area (Å²) in [7, 11) is 0. The number of nitrogen functional groups attached to an aromatic ring is 1. The molecule has 21 heavy (non-hydrogen) atoms. The first-order valence-corrected chi connectivity index (χ1v) is 7.61. The van der Waals surface area contributed by atoms with Gasteiger partial charge in [0.15, 0.2) is 0 Å². The molecule has 0 saturated carbocycles. The summed E-state index contributed by atoms with van der Waals surface area (Å²) in [6, 6.07) is 15.4. The van der Waals surface area contributed by atoms with Crippen LogP contribution in [-0.2, 0) is 0 Å². The third-order valence-corrected chi connectivity index (χ3v) is 4.81. The second kappa shape index (κ2) is 4.66. The predicted octanol–water partition coefficient (Wildman–Crippen LogP) is 4.40. The minimum atomic E-state index is 0.362. The van der Waals surface area contributed by atoms with Crippen LogP contribution in [0.1, 0.15) is 35.1 Å². The lowest BCUT2D eigenvalue weighted by Crippen LogP contribution is -2.29. The second-order valence-corrected chi connectivity index (χ2v) is 6.23. The van der Waals surface area contributed by atoms with E-state index in [1.165, 1.54) is 22.4 Å². The Kier molecular flexibility index (Phi) is 2.78. The lowest BCUT2D eigenvalue weighted by molar-refractivity contribution is 0.425. The summed E-state index contributed by atoms with van der Waals surface area (Å²) in [5.74, 6) is 1.13. The van der Waals surface area contributed by atoms with Crippen molar-refractivity contribution in [2.45, 2.75) is 25.3 Å². The molecule has 2 aromatic carbocycles. The predicted molar refractivity (Wildman–Crippen MR) is 88.4 cm³/mol. The summed E-state index contributed by atoms with van der Waals surface area (Å²) in [6.45, 7) is 2.17. The number of rotatable bonds is 1. The van der Waals surface area contributed by atoms with Gasteiger partial charge < -0.3 is 11.1 Å². The van der Waals surface area contributed by atoms with Crippen LogP contribution in [0.4, 0.5) is 11.4 Å². The highest BCUT2D eigenvalue weighted by Crippen LogP contribution is 2.49. The third-order valence-electron chi connectivity index (χ3n) is 4.81. The van der Waals surface area contributed by atoms with Gasteiger partial charge in [0.1, 0.15) is 0 Å². The van der Waals surface area contributed by atoms with Crippen LogP contribution >= 0.6 is 0 Å². The van der Waals surface area contributed by atoms with Crippen molar-refractivity contribution in [1.82, 2.24) is 0 Å². The van der Waals surface area contributed by atoms with Gasteiger partial charge in [-0.2, -0.15) is 0 Å². The van der Waals surface area contributed by atoms with E-state index in [1.807, 2.05) is 12.1 Å². The smallest absolute Gasteiger partial charge is 0.0553 e. The van der Waals surface area contributed by atoms with Gasteiger partial charge in [-0.15, -0.1) is 0 Å². The van der Waals surface area contributed by atoms with Crippen LogP contribution in [0.5, 0.6) is 0 Å². The van der Waals surface area contributed by atoms with Crippen molar-refractivity contribution in [2.24, 2.45) is 5.92 Å². The SMILES string of the molecule is Cc1ccc2c(c1)[C@@H]1C=CC[C@H]1[C@H](c1ccc(N)cc1)N2. The van der Waals surface area contributed by atoms with E-state index < -0.39 is 0 Å². The molecular weight excluding hydrogens is 256 g/mol. The maximum absolute atomic E-state index is 5.82. The molecule has 0 unspecified atom stereocenters. The number of benzene rings is 2. The van der Waals surface area contributed by atoms with Crippen molar-refractivity contribution in [2.75, 3.05) is 11.1 Å². The third kappa shape index (κ3) is 2.02. The second-order valence-electron chi connectivity index (χ2n) is 6.23. The summed E-state index contributed by atoms with van der Waals surface area (Å²) >= 11 is 0. The lowest BCUT2D eigenvalue weighted by Gasteiger charge is -2.37. The minimum absolute atomic E-state index is 0.362. The standard InChI is InChI=1S/C19H20N2/c1-12-5-10-18-17(11-12)15-3-2-4-16(15)19(21-18)13-6-8-14(20)9-7-13/h2-3,5-11,15-16,19,21H,4,20H2,1H3/t15-,16-,19+/m1/s1. The number of anilines is 2. The van der Waals surface area contributed by atoms with Crippen LogP contribution in [-0.4, -0.2) is 0 Å². The Labute approximate surface area is 125 Å². The molecule has 0 amide bonds. The van der Waals surface area contributed by atoms with E-state index >= 15 is 0 Å². The van der Waals surface area contributed by atoms with E-state index in [0.717, 1.165) is 12.1 Å². The fourth-order valence-electron chi connectivity index (χ4n) is 3.75. The maximum Gasteiger partial charge on any atom is 0.0553 e. The summed E-state index contributed by atoms with van der Waals surface area (Å²) in [5.41, 5.74) is 12.0. The Bertz CT molecular complexity index is 700. The van der Waals surface area contributed by atoms with Gasteiger partial charge in [-0.3, -0.25) is 0 Å². The fraction of sp³-hybridized carbons (Fsp3) is 0.263. The monoisotopic (exact) mass is 276 g/mol. The molecule has 106 valence electrons. The van der Waals surface area contributed by atoms with E-state index in [1.54, 1.807) is 0 Å². The number of aryl methyl sites for hydroxylation is 1. The zero-order valence-electron chi connectivity index (χ0n) is 12.2. The number of nitrogens with one attached hydrogen (secondary N) is 1. The number of hydrogen-bond donors (Lipinski definition) is 2. The zero-order valence-corrected chi connectivity index (χ0v) is 12.2. The Morgan fingerprint density at radius 2 is 1.90 bits per heavy atom. The molecule has 1 aliphatic heterocycles. The van der Waals surface area contributed by atoms with E-state index in [0.29, 0.717) is 17.9 Å². The molecule has 2 heteroatoms. The van der Waals surface area contributed by atoms with Crippen molar-refractivity contribution in [3.8, 4) is 0 Å². The molecule has 0 spiro atoms. The molecule has 0 saturated heterocycles. The van der Waals surface area contributed by atoms with E-state index in [2.05, 4.69) is 54.7 Å². The summed E-state index contributed by atoms with van der Waals surface area (Å²) in [5, 5.41) is 3.75. The molecule has 0 aromatic heterocycles. The van der Waals surface area contributed by atoms with Gasteiger partial charge in [0.25, 0.3) is 0 Å². The molecule has 2 aliphatic rings. The van der Waals surface area contributed by atoms with Crippen LogP contribution in [0.2, 0.25) is 0 Å². The fourth-order valence-corrected chi connectivity index (χ4v) is 3.75. The minimum Gasteiger partial charge on any atom is -0.399 e. The Balaban J connectivity index is 1.78. The van der Waals surface area contributed by atoms with Gasteiger partial charge in [0.05, 0.1) is 6.04 Å². The molecule has 0 bridgehead atoms. The molecule has 3 atom stereocenters. The first kappa shape index (κ1) is 12.5. The summed E-state index contributed by atoms with van der Waals surface area (Å²) < 4.78 is 0. The van der Waals surface area contributed by atoms with E-state index in [9.17, 15) is 0 Å². The van der Waals surface area contributed by atoms with Crippen molar-refractivity contribution in [1.29, 1.82) is 0 Å². The molecule has 0 fully saturated rings. The molecule has 2 nitrogen and oxygen atoms in total. The Morgan fingerprint density at radius 1 is 1.10 bits per heavy atom. The average molecular weight is 276 g/mol. The van der Waals surface area contributed by atoms with Crippen LogP contribution in [0.15, 0.2) is 54.6 Å². The highest BCUT2D eigenvalue weighted by molar-refractivity contribution is 5.61. The topological polar surface area (TPSA) is 38.0 Å². The van der Waals surface area contributed by atoms with Crippen LogP contribution in [0, 0.1) is 12.8 Å². The summed E-state index contributed by atoms with van der Waals surface area (Å²) in [6.07, 6.45) is 5.85. The zero-order chi connectivity index (χ0) is 14.4. The van der Waals surface area contributed by atoms with E-state index in [4.69, 9.17) is 5.73 Å². The molecule has 1 heterocycles. The molecule has 4 rings (SSSR count). The van der Waals surface area contributed by atoms with Gasteiger partial charge in [-0.1, -0.05) is 42.0 Å². The van der Waals surface area contributed by atoms with Crippen molar-refractivity contribution in [3.63, 3.8) is 0 Å². The van der Waals surface area contributed by atoms with Crippen LogP contribution in [0.3, 0.4) is 0 Å². The van der Waals surface area contributed by atoms with Crippen molar-refractivity contribution < 1.29 is 0 Å². The molecule has 3 N–H and O–H groups in total. The number of fused-ring (bicyclic) bond motifs is 3. The van der Waals surface area contributed by atoms with Gasteiger partial charge in [-0.05, 0) is 48.6 Å². The molecule has 2 aromatic rings.